The van der Waals surface area contributed by atoms with Crippen LogP contribution >= 0.6 is 0 Å². The number of methoxy groups -OCH3 is 1. The summed E-state index contributed by atoms with van der Waals surface area (Å²) in [6.45, 7) is 8.69. The van der Waals surface area contributed by atoms with E-state index in [0.29, 0.717) is 12.1 Å². The Balaban J connectivity index is 2.46. The molecule has 4 heteroatoms. The summed E-state index contributed by atoms with van der Waals surface area (Å²) < 4.78 is 5.36. The summed E-state index contributed by atoms with van der Waals surface area (Å²) in [6.07, 6.45) is 2.23. The van der Waals surface area contributed by atoms with E-state index in [4.69, 9.17) is 4.74 Å². The number of hydrogen-bond donors (Lipinski definition) is 1. The monoisotopic (exact) mass is 242 g/mol. The lowest BCUT2D eigenvalue weighted by Gasteiger charge is -2.38. The van der Waals surface area contributed by atoms with Crippen molar-refractivity contribution in [3.8, 4) is 0 Å². The highest BCUT2D eigenvalue weighted by molar-refractivity contribution is 5.79. The molecule has 1 aliphatic rings. The van der Waals surface area contributed by atoms with Gasteiger partial charge in [0.25, 0.3) is 0 Å². The van der Waals surface area contributed by atoms with E-state index in [1.165, 1.54) is 0 Å². The van der Waals surface area contributed by atoms with E-state index in [2.05, 4.69) is 19.2 Å². The minimum absolute atomic E-state index is 0.0662. The van der Waals surface area contributed by atoms with Gasteiger partial charge in [0.05, 0.1) is 6.10 Å². The predicted octanol–water partition coefficient (Wildman–Crippen LogP) is 1.26. The van der Waals surface area contributed by atoms with E-state index in [1.807, 2.05) is 11.8 Å². The van der Waals surface area contributed by atoms with Gasteiger partial charge in [-0.15, -0.1) is 0 Å². The van der Waals surface area contributed by atoms with E-state index in [-0.39, 0.29) is 11.8 Å². The van der Waals surface area contributed by atoms with Gasteiger partial charge in [0.1, 0.15) is 0 Å². The molecule has 1 heterocycles. The van der Waals surface area contributed by atoms with Crippen molar-refractivity contribution in [3.05, 3.63) is 0 Å². The maximum Gasteiger partial charge on any atom is 0.226 e. The highest BCUT2D eigenvalue weighted by Crippen LogP contribution is 2.21. The molecule has 1 N–H and O–H groups in total. The van der Waals surface area contributed by atoms with Crippen molar-refractivity contribution >= 4 is 5.91 Å². The van der Waals surface area contributed by atoms with E-state index < -0.39 is 0 Å². The van der Waals surface area contributed by atoms with E-state index in [9.17, 15) is 4.79 Å². The molecule has 0 aromatic carbocycles. The largest absolute Gasteiger partial charge is 0.381 e. The molecule has 1 rings (SSSR count). The maximum absolute atomic E-state index is 12.3. The zero-order valence-electron chi connectivity index (χ0n) is 11.5. The first-order valence-electron chi connectivity index (χ1n) is 6.64. The number of ether oxygens (including phenoxy) is 1. The Hall–Kier alpha value is -0.610. The molecular formula is C13H26N2O2. The van der Waals surface area contributed by atoms with Gasteiger partial charge in [-0.05, 0) is 26.3 Å². The van der Waals surface area contributed by atoms with Gasteiger partial charge in [-0.2, -0.15) is 0 Å². The summed E-state index contributed by atoms with van der Waals surface area (Å²) in [7, 11) is 1.75. The number of piperidine rings is 1. The molecule has 0 aliphatic carbocycles. The molecule has 4 nitrogen and oxygen atoms in total. The van der Waals surface area contributed by atoms with Crippen LogP contribution in [0.5, 0.6) is 0 Å². The molecule has 1 saturated heterocycles. The molecule has 0 radical (unpaired) electrons. The summed E-state index contributed by atoms with van der Waals surface area (Å²) in [5.41, 5.74) is 0. The Morgan fingerprint density at radius 3 is 2.82 bits per heavy atom. The van der Waals surface area contributed by atoms with E-state index >= 15 is 0 Å². The number of hydrogen-bond acceptors (Lipinski definition) is 3. The molecule has 100 valence electrons. The molecule has 0 aromatic heterocycles. The number of carbonyl (C=O) groups excluding carboxylic acids is 1. The number of carbonyl (C=O) groups is 1. The Morgan fingerprint density at radius 1 is 1.59 bits per heavy atom. The molecule has 1 amide bonds. The quantitative estimate of drug-likeness (QED) is 0.789. The van der Waals surface area contributed by atoms with Gasteiger partial charge in [-0.1, -0.05) is 13.8 Å². The Morgan fingerprint density at radius 2 is 2.29 bits per heavy atom. The molecule has 3 atom stereocenters. The van der Waals surface area contributed by atoms with Crippen molar-refractivity contribution in [2.24, 2.45) is 5.92 Å². The molecule has 1 fully saturated rings. The molecule has 17 heavy (non-hydrogen) atoms. The number of likely N-dealkylation sites (tertiary alicyclic amines) is 1. The topological polar surface area (TPSA) is 41.6 Å². The van der Waals surface area contributed by atoms with Crippen LogP contribution in [0.25, 0.3) is 0 Å². The third-order valence-electron chi connectivity index (χ3n) is 3.57. The molecule has 3 unspecified atom stereocenters. The van der Waals surface area contributed by atoms with Crippen molar-refractivity contribution in [1.82, 2.24) is 10.2 Å². The number of nitrogens with zero attached hydrogens (tertiary/aromatic N) is 1. The SMILES string of the molecule is CCNCC(C)C(=O)N1CCC(OC)CC1C. The van der Waals surface area contributed by atoms with Crippen LogP contribution in [-0.4, -0.2) is 49.7 Å². The molecular weight excluding hydrogens is 216 g/mol. The standard InChI is InChI=1S/C13H26N2O2/c1-5-14-9-10(2)13(16)15-7-6-12(17-4)8-11(15)3/h10-12,14H,5-9H2,1-4H3. The van der Waals surface area contributed by atoms with Crippen molar-refractivity contribution in [3.63, 3.8) is 0 Å². The first-order valence-corrected chi connectivity index (χ1v) is 6.64. The fourth-order valence-electron chi connectivity index (χ4n) is 2.40. The normalized spacial score (nSPS) is 26.9. The lowest BCUT2D eigenvalue weighted by atomic mass is 9.98. The average Bonchev–Trinajstić information content (AvgIpc) is 2.34. The van der Waals surface area contributed by atoms with Gasteiger partial charge in [0, 0.05) is 32.2 Å². The van der Waals surface area contributed by atoms with Gasteiger partial charge in [0.2, 0.25) is 5.91 Å². The molecule has 0 spiro atoms. The number of nitrogens with one attached hydrogen (secondary N) is 1. The van der Waals surface area contributed by atoms with Crippen LogP contribution in [0.4, 0.5) is 0 Å². The number of amides is 1. The van der Waals surface area contributed by atoms with Crippen LogP contribution in [0.2, 0.25) is 0 Å². The molecule has 1 aliphatic heterocycles. The summed E-state index contributed by atoms with van der Waals surface area (Å²) in [5.74, 6) is 0.337. The van der Waals surface area contributed by atoms with Crippen LogP contribution in [0, 0.1) is 5.92 Å². The van der Waals surface area contributed by atoms with Crippen LogP contribution in [0.3, 0.4) is 0 Å². The fraction of sp³-hybridized carbons (Fsp3) is 0.923. The summed E-state index contributed by atoms with van der Waals surface area (Å²) >= 11 is 0. The zero-order chi connectivity index (χ0) is 12.8. The third kappa shape index (κ3) is 3.96. The highest BCUT2D eigenvalue weighted by Gasteiger charge is 2.30. The van der Waals surface area contributed by atoms with Crippen molar-refractivity contribution < 1.29 is 9.53 Å². The summed E-state index contributed by atoms with van der Waals surface area (Å²) in [6, 6.07) is 0.297. The van der Waals surface area contributed by atoms with Gasteiger partial charge >= 0.3 is 0 Å². The second-order valence-corrected chi connectivity index (χ2v) is 4.97. The second-order valence-electron chi connectivity index (χ2n) is 4.97. The van der Waals surface area contributed by atoms with Crippen LogP contribution < -0.4 is 5.32 Å². The van der Waals surface area contributed by atoms with E-state index in [0.717, 1.165) is 32.5 Å². The van der Waals surface area contributed by atoms with Crippen molar-refractivity contribution in [2.45, 2.75) is 45.8 Å². The minimum atomic E-state index is 0.0662. The summed E-state index contributed by atoms with van der Waals surface area (Å²) in [5, 5.41) is 3.23. The van der Waals surface area contributed by atoms with Gasteiger partial charge in [0.15, 0.2) is 0 Å². The zero-order valence-corrected chi connectivity index (χ0v) is 11.5. The maximum atomic E-state index is 12.3. The fourth-order valence-corrected chi connectivity index (χ4v) is 2.40. The average molecular weight is 242 g/mol. The second kappa shape index (κ2) is 6.97. The molecule has 0 bridgehead atoms. The predicted molar refractivity (Wildman–Crippen MR) is 68.9 cm³/mol. The lowest BCUT2D eigenvalue weighted by Crippen LogP contribution is -2.49. The van der Waals surface area contributed by atoms with Crippen LogP contribution in [0.1, 0.15) is 33.6 Å². The first kappa shape index (κ1) is 14.5. The van der Waals surface area contributed by atoms with Crippen LogP contribution in [-0.2, 0) is 9.53 Å². The first-order chi connectivity index (χ1) is 8.10. The van der Waals surface area contributed by atoms with Crippen molar-refractivity contribution in [1.29, 1.82) is 0 Å². The smallest absolute Gasteiger partial charge is 0.226 e. The Labute approximate surface area is 105 Å². The van der Waals surface area contributed by atoms with Gasteiger partial charge in [-0.3, -0.25) is 4.79 Å². The van der Waals surface area contributed by atoms with Gasteiger partial charge in [-0.25, -0.2) is 0 Å². The van der Waals surface area contributed by atoms with Crippen LogP contribution in [0.15, 0.2) is 0 Å². The van der Waals surface area contributed by atoms with Crippen molar-refractivity contribution in [2.75, 3.05) is 26.7 Å². The third-order valence-corrected chi connectivity index (χ3v) is 3.57. The molecule has 0 aromatic rings. The molecule has 0 saturated carbocycles. The van der Waals surface area contributed by atoms with Gasteiger partial charge < -0.3 is 15.0 Å². The Kier molecular flexibility index (Phi) is 5.92. The number of rotatable bonds is 5. The summed E-state index contributed by atoms with van der Waals surface area (Å²) in [4.78, 5) is 14.3. The Bertz CT molecular complexity index is 246. The lowest BCUT2D eigenvalue weighted by molar-refractivity contribution is -0.140. The highest BCUT2D eigenvalue weighted by atomic mass is 16.5. The van der Waals surface area contributed by atoms with E-state index in [1.54, 1.807) is 7.11 Å². The minimum Gasteiger partial charge on any atom is -0.381 e.